The van der Waals surface area contributed by atoms with Crippen LogP contribution in [-0.2, 0) is 9.53 Å². The molecule has 1 saturated heterocycles. The van der Waals surface area contributed by atoms with Gasteiger partial charge in [0.1, 0.15) is 0 Å². The van der Waals surface area contributed by atoms with Crippen LogP contribution in [-0.4, -0.2) is 42.9 Å². The van der Waals surface area contributed by atoms with Crippen molar-refractivity contribution in [3.05, 3.63) is 24.2 Å². The van der Waals surface area contributed by atoms with E-state index in [1.807, 2.05) is 0 Å². The summed E-state index contributed by atoms with van der Waals surface area (Å²) in [6, 6.07) is 3.29. The normalized spacial score (nSPS) is 19.1. The first-order valence-electron chi connectivity index (χ1n) is 7.11. The topological polar surface area (TPSA) is 59.8 Å². The minimum absolute atomic E-state index is 0.121. The molecule has 5 nitrogen and oxygen atoms in total. The fourth-order valence-corrected chi connectivity index (χ4v) is 2.67. The number of hydrogen-bond donors (Lipinski definition) is 0. The van der Waals surface area contributed by atoms with Crippen molar-refractivity contribution in [3.8, 4) is 0 Å². The average molecular weight is 279 g/mol. The molecule has 0 unspecified atom stereocenters. The van der Waals surface area contributed by atoms with Crippen LogP contribution in [0, 0.1) is 0 Å². The molecule has 0 saturated carbocycles. The highest BCUT2D eigenvalue weighted by atomic mass is 16.5. The highest BCUT2D eigenvalue weighted by Crippen LogP contribution is 2.22. The number of methoxy groups -OCH3 is 1. The Kier molecular flexibility index (Phi) is 5.35. The van der Waals surface area contributed by atoms with E-state index in [2.05, 4.69) is 0 Å². The minimum Gasteiger partial charge on any atom is -0.461 e. The van der Waals surface area contributed by atoms with E-state index in [0.717, 1.165) is 32.1 Å². The average Bonchev–Trinajstić information content (AvgIpc) is 3.01. The lowest BCUT2D eigenvalue weighted by molar-refractivity contribution is -0.130. The van der Waals surface area contributed by atoms with E-state index in [0.29, 0.717) is 13.2 Å². The zero-order valence-corrected chi connectivity index (χ0v) is 11.8. The Hall–Kier alpha value is -1.62. The number of carbonyl (C=O) groups is 2. The number of ether oxygens (including phenoxy) is 1. The molecule has 0 radical (unpaired) electrons. The number of rotatable bonds is 6. The van der Waals surface area contributed by atoms with Crippen molar-refractivity contribution in [2.75, 3.05) is 20.3 Å². The van der Waals surface area contributed by atoms with Crippen molar-refractivity contribution in [2.45, 2.75) is 38.1 Å². The van der Waals surface area contributed by atoms with Gasteiger partial charge >= 0.3 is 0 Å². The van der Waals surface area contributed by atoms with E-state index in [-0.39, 0.29) is 11.8 Å². The summed E-state index contributed by atoms with van der Waals surface area (Å²) in [5.74, 6) is -0.869. The van der Waals surface area contributed by atoms with Crippen molar-refractivity contribution in [3.63, 3.8) is 0 Å². The predicted octanol–water partition coefficient (Wildman–Crippen LogP) is 2.27. The molecule has 1 aliphatic heterocycles. The molecule has 0 aromatic carbocycles. The Morgan fingerprint density at radius 3 is 3.00 bits per heavy atom. The van der Waals surface area contributed by atoms with Crippen LogP contribution in [0.2, 0.25) is 0 Å². The Bertz CT molecular complexity index is 441. The van der Waals surface area contributed by atoms with Gasteiger partial charge in [-0.1, -0.05) is 0 Å². The number of nitrogens with zero attached hydrogens (tertiary/aromatic N) is 1. The summed E-state index contributed by atoms with van der Waals surface area (Å²) in [7, 11) is 1.67. The molecule has 5 heteroatoms. The molecule has 0 aliphatic carbocycles. The summed E-state index contributed by atoms with van der Waals surface area (Å²) in [4.78, 5) is 26.1. The van der Waals surface area contributed by atoms with E-state index >= 15 is 0 Å². The van der Waals surface area contributed by atoms with E-state index in [1.54, 1.807) is 18.1 Å². The van der Waals surface area contributed by atoms with Crippen molar-refractivity contribution in [2.24, 2.45) is 0 Å². The Balaban J connectivity index is 1.99. The maximum absolute atomic E-state index is 12.3. The molecule has 0 N–H and O–H groups in total. The largest absolute Gasteiger partial charge is 0.461 e. The van der Waals surface area contributed by atoms with Crippen LogP contribution in [0.5, 0.6) is 0 Å². The first-order chi connectivity index (χ1) is 9.74. The minimum atomic E-state index is -0.548. The lowest BCUT2D eigenvalue weighted by Gasteiger charge is -2.35. The number of hydrogen-bond acceptors (Lipinski definition) is 4. The van der Waals surface area contributed by atoms with Crippen LogP contribution in [0.4, 0.5) is 0 Å². The lowest BCUT2D eigenvalue weighted by atomic mass is 9.97. The van der Waals surface area contributed by atoms with Crippen molar-refractivity contribution < 1.29 is 18.7 Å². The molecule has 20 heavy (non-hydrogen) atoms. The Morgan fingerprint density at radius 2 is 2.30 bits per heavy atom. The summed E-state index contributed by atoms with van der Waals surface area (Å²) in [5, 5.41) is 0. The van der Waals surface area contributed by atoms with Crippen LogP contribution in [0.25, 0.3) is 0 Å². The fourth-order valence-electron chi connectivity index (χ4n) is 2.67. The van der Waals surface area contributed by atoms with Crippen molar-refractivity contribution >= 4 is 11.7 Å². The zero-order valence-electron chi connectivity index (χ0n) is 11.8. The number of carbonyl (C=O) groups excluding carboxylic acids is 2. The first kappa shape index (κ1) is 14.8. The summed E-state index contributed by atoms with van der Waals surface area (Å²) in [6.07, 6.45) is 6.22. The van der Waals surface area contributed by atoms with E-state index in [4.69, 9.17) is 9.15 Å². The molecule has 2 rings (SSSR count). The third kappa shape index (κ3) is 3.48. The summed E-state index contributed by atoms with van der Waals surface area (Å²) < 4.78 is 10.1. The highest BCUT2D eigenvalue weighted by Gasteiger charge is 2.31. The van der Waals surface area contributed by atoms with Crippen LogP contribution < -0.4 is 0 Å². The lowest BCUT2D eigenvalue weighted by Crippen LogP contribution is -2.46. The molecule has 1 fully saturated rings. The Morgan fingerprint density at radius 1 is 1.45 bits per heavy atom. The van der Waals surface area contributed by atoms with Crippen molar-refractivity contribution in [1.82, 2.24) is 4.90 Å². The van der Waals surface area contributed by atoms with E-state index in [1.165, 1.54) is 12.3 Å². The van der Waals surface area contributed by atoms with Gasteiger partial charge in [0.2, 0.25) is 0 Å². The van der Waals surface area contributed by atoms with Gasteiger partial charge in [-0.25, -0.2) is 0 Å². The van der Waals surface area contributed by atoms with E-state index in [9.17, 15) is 9.59 Å². The van der Waals surface area contributed by atoms with Crippen LogP contribution in [0.15, 0.2) is 22.8 Å². The maximum Gasteiger partial charge on any atom is 0.298 e. The Labute approximate surface area is 118 Å². The summed E-state index contributed by atoms with van der Waals surface area (Å²) >= 11 is 0. The summed E-state index contributed by atoms with van der Waals surface area (Å²) in [6.45, 7) is 1.34. The van der Waals surface area contributed by atoms with Gasteiger partial charge in [-0.2, -0.15) is 0 Å². The molecule has 1 atom stereocenters. The SMILES string of the molecule is COCCC[C@H]1CCCCN1C(=O)C(=O)c1ccco1. The number of furan rings is 1. The van der Waals surface area contributed by atoms with Gasteiger partial charge in [-0.3, -0.25) is 9.59 Å². The monoisotopic (exact) mass is 279 g/mol. The molecule has 110 valence electrons. The molecule has 1 aromatic heterocycles. The zero-order chi connectivity index (χ0) is 14.4. The molecule has 1 aromatic rings. The molecular weight excluding hydrogens is 258 g/mol. The third-order valence-electron chi connectivity index (χ3n) is 3.71. The number of piperidine rings is 1. The highest BCUT2D eigenvalue weighted by molar-refractivity contribution is 6.42. The predicted molar refractivity (Wildman–Crippen MR) is 73.5 cm³/mol. The molecule has 0 bridgehead atoms. The molecule has 2 heterocycles. The number of likely N-dealkylation sites (tertiary alicyclic amines) is 1. The van der Waals surface area contributed by atoms with Gasteiger partial charge in [0.25, 0.3) is 11.7 Å². The number of amides is 1. The van der Waals surface area contributed by atoms with Gasteiger partial charge in [0, 0.05) is 26.3 Å². The smallest absolute Gasteiger partial charge is 0.298 e. The van der Waals surface area contributed by atoms with Crippen LogP contribution in [0.3, 0.4) is 0 Å². The van der Waals surface area contributed by atoms with Gasteiger partial charge < -0.3 is 14.1 Å². The molecular formula is C15H21NO4. The second-order valence-electron chi connectivity index (χ2n) is 5.09. The van der Waals surface area contributed by atoms with Gasteiger partial charge in [0.15, 0.2) is 5.76 Å². The van der Waals surface area contributed by atoms with Gasteiger partial charge in [0.05, 0.1) is 6.26 Å². The summed E-state index contributed by atoms with van der Waals surface area (Å²) in [5.41, 5.74) is 0. The van der Waals surface area contributed by atoms with Gasteiger partial charge in [-0.05, 0) is 44.2 Å². The van der Waals surface area contributed by atoms with Crippen LogP contribution in [0.1, 0.15) is 42.7 Å². The number of Topliss-reactive ketones (excluding diaryl/α,β-unsaturated/α-hetero) is 1. The fraction of sp³-hybridized carbons (Fsp3) is 0.600. The molecule has 1 amide bonds. The first-order valence-corrected chi connectivity index (χ1v) is 7.11. The van der Waals surface area contributed by atoms with Crippen LogP contribution >= 0.6 is 0 Å². The maximum atomic E-state index is 12.3. The standard InChI is InChI=1S/C15H21NO4/c1-19-10-4-7-12-6-2-3-9-16(12)15(18)14(17)13-8-5-11-20-13/h5,8,11-12H,2-4,6-7,9-10H2,1H3/t12-/m1/s1. The molecule has 1 aliphatic rings. The molecule has 0 spiro atoms. The number of ketones is 1. The van der Waals surface area contributed by atoms with Crippen molar-refractivity contribution in [1.29, 1.82) is 0 Å². The quantitative estimate of drug-likeness (QED) is 0.455. The second-order valence-corrected chi connectivity index (χ2v) is 5.09. The third-order valence-corrected chi connectivity index (χ3v) is 3.71. The van der Waals surface area contributed by atoms with E-state index < -0.39 is 11.7 Å². The second kappa shape index (κ2) is 7.24. The van der Waals surface area contributed by atoms with Gasteiger partial charge in [-0.15, -0.1) is 0 Å².